The molecule has 3 nitrogen and oxygen atoms in total. The largest absolute Gasteiger partial charge is 0.540 e. The zero-order chi connectivity index (χ0) is 16.3. The van der Waals surface area contributed by atoms with Crippen LogP contribution in [0.3, 0.4) is 0 Å². The second-order valence-electron chi connectivity index (χ2n) is 6.77. The highest BCUT2D eigenvalue weighted by molar-refractivity contribution is 7.98. The number of nitrogens with zero attached hydrogens (tertiary/aromatic N) is 1. The number of pyridine rings is 1. The summed E-state index contributed by atoms with van der Waals surface area (Å²) in [6.07, 6.45) is 3.70. The van der Waals surface area contributed by atoms with Gasteiger partial charge in [-0.25, -0.2) is 0 Å². The van der Waals surface area contributed by atoms with Crippen LogP contribution >= 0.6 is 11.8 Å². The minimum absolute atomic E-state index is 0.0212. The van der Waals surface area contributed by atoms with Crippen LogP contribution in [-0.2, 0) is 12.8 Å². The molecule has 1 heterocycles. The molecule has 0 radical (unpaired) electrons. The van der Waals surface area contributed by atoms with Gasteiger partial charge in [0.05, 0.1) is 0 Å². The van der Waals surface area contributed by atoms with E-state index in [2.05, 4.69) is 40.4 Å². The number of hydrogen-bond acceptors (Lipinski definition) is 3. The van der Waals surface area contributed by atoms with Crippen LogP contribution in [0.2, 0.25) is 18.1 Å². The van der Waals surface area contributed by atoms with E-state index in [0.29, 0.717) is 5.75 Å². The van der Waals surface area contributed by atoms with Gasteiger partial charge in [-0.15, -0.1) is 6.58 Å². The molecule has 0 saturated carbocycles. The van der Waals surface area contributed by atoms with Crippen molar-refractivity contribution in [3.05, 3.63) is 40.8 Å². The minimum Gasteiger partial charge on any atom is -0.540 e. The molecule has 0 fully saturated rings. The van der Waals surface area contributed by atoms with Crippen LogP contribution < -0.4 is 9.85 Å². The highest BCUT2D eigenvalue weighted by Gasteiger charge is 2.39. The van der Waals surface area contributed by atoms with Gasteiger partial charge >= 0.3 is 0 Å². The van der Waals surface area contributed by atoms with Gasteiger partial charge in [-0.1, -0.05) is 26.8 Å². The zero-order valence-electron chi connectivity index (χ0n) is 14.0. The molecule has 1 rings (SSSR count). The van der Waals surface area contributed by atoms with Crippen LogP contribution in [0.25, 0.3) is 0 Å². The Morgan fingerprint density at radius 1 is 1.43 bits per heavy atom. The molecule has 1 aromatic rings. The van der Waals surface area contributed by atoms with Gasteiger partial charge in [-0.2, -0.15) is 11.8 Å². The van der Waals surface area contributed by atoms with Crippen molar-refractivity contribution >= 4 is 20.1 Å². The fourth-order valence-corrected chi connectivity index (χ4v) is 3.33. The van der Waals surface area contributed by atoms with Crippen LogP contribution in [0.1, 0.15) is 26.5 Å². The highest BCUT2D eigenvalue weighted by atomic mass is 32.2. The average molecular weight is 326 g/mol. The molecule has 0 aliphatic rings. The lowest BCUT2D eigenvalue weighted by Gasteiger charge is -2.36. The van der Waals surface area contributed by atoms with E-state index >= 15 is 0 Å². The van der Waals surface area contributed by atoms with Gasteiger partial charge in [0.15, 0.2) is 5.75 Å². The Kier molecular flexibility index (Phi) is 5.93. The zero-order valence-corrected chi connectivity index (χ0v) is 15.8. The molecule has 0 aromatic carbocycles. The lowest BCUT2D eigenvalue weighted by Crippen LogP contribution is -2.45. The van der Waals surface area contributed by atoms with E-state index in [4.69, 9.17) is 4.43 Å². The van der Waals surface area contributed by atoms with Gasteiger partial charge in [-0.05, 0) is 18.1 Å². The first-order valence-electron chi connectivity index (χ1n) is 7.15. The van der Waals surface area contributed by atoms with Crippen molar-refractivity contribution in [2.75, 3.05) is 5.75 Å². The van der Waals surface area contributed by atoms with E-state index in [9.17, 15) is 4.79 Å². The first-order chi connectivity index (χ1) is 9.58. The Morgan fingerprint density at radius 3 is 2.57 bits per heavy atom. The van der Waals surface area contributed by atoms with E-state index in [1.807, 2.05) is 23.9 Å². The maximum Gasteiger partial charge on any atom is 0.250 e. The van der Waals surface area contributed by atoms with E-state index in [0.717, 1.165) is 17.2 Å². The van der Waals surface area contributed by atoms with Crippen molar-refractivity contribution in [1.29, 1.82) is 0 Å². The minimum atomic E-state index is -1.98. The summed E-state index contributed by atoms with van der Waals surface area (Å²) in [5, 5.41) is 0.0799. The molecular formula is C16H27NO2SSi. The Labute approximate surface area is 133 Å². The van der Waals surface area contributed by atoms with E-state index in [1.165, 1.54) is 0 Å². The summed E-state index contributed by atoms with van der Waals surface area (Å²) in [6.45, 7) is 14.5. The van der Waals surface area contributed by atoms with Crippen molar-refractivity contribution in [2.24, 2.45) is 7.05 Å². The maximum atomic E-state index is 12.3. The third kappa shape index (κ3) is 4.78. The number of hydrogen-bond donors (Lipinski definition) is 0. The molecule has 0 unspecified atom stereocenters. The Balaban J connectivity index is 2.99. The molecule has 21 heavy (non-hydrogen) atoms. The molecular weight excluding hydrogens is 298 g/mol. The summed E-state index contributed by atoms with van der Waals surface area (Å²) in [7, 11) is -0.0203. The fraction of sp³-hybridized carbons (Fsp3) is 0.562. The standard InChI is InChI=1S/C16H27NO2SSi/c1-8-9-20-12-13-10-14(18)15(11-17(13)5)19-21(6,7)16(2,3)4/h8,10-11H,1,9,12H2,2-7H3. The van der Waals surface area contributed by atoms with Gasteiger partial charge in [0.25, 0.3) is 8.32 Å². The molecule has 0 amide bonds. The normalized spacial score (nSPS) is 12.3. The average Bonchev–Trinajstić information content (AvgIpc) is 2.33. The second kappa shape index (κ2) is 6.88. The van der Waals surface area contributed by atoms with Crippen molar-refractivity contribution in [3.63, 3.8) is 0 Å². The van der Waals surface area contributed by atoms with Crippen LogP contribution in [0.5, 0.6) is 5.75 Å². The van der Waals surface area contributed by atoms with Crippen molar-refractivity contribution in [2.45, 2.75) is 44.7 Å². The van der Waals surface area contributed by atoms with Gasteiger partial charge in [0, 0.05) is 36.5 Å². The topological polar surface area (TPSA) is 31.2 Å². The third-order valence-corrected chi connectivity index (χ3v) is 9.28. The van der Waals surface area contributed by atoms with E-state index < -0.39 is 8.32 Å². The number of aryl methyl sites for hydroxylation is 1. The molecule has 1 aromatic heterocycles. The smallest absolute Gasteiger partial charge is 0.250 e. The molecule has 5 heteroatoms. The van der Waals surface area contributed by atoms with Crippen LogP contribution in [0.15, 0.2) is 29.7 Å². The molecule has 0 N–H and O–H groups in total. The van der Waals surface area contributed by atoms with E-state index in [-0.39, 0.29) is 10.5 Å². The lowest BCUT2D eigenvalue weighted by atomic mass is 10.2. The van der Waals surface area contributed by atoms with Gasteiger partial charge in [0.1, 0.15) is 0 Å². The molecule has 0 aliphatic carbocycles. The number of thioether (sulfide) groups is 1. The summed E-state index contributed by atoms with van der Waals surface area (Å²) in [6, 6.07) is 1.69. The Hall–Kier alpha value is -0.943. The predicted molar refractivity (Wildman–Crippen MR) is 95.9 cm³/mol. The van der Waals surface area contributed by atoms with E-state index in [1.54, 1.807) is 17.8 Å². The van der Waals surface area contributed by atoms with Crippen LogP contribution in [0.4, 0.5) is 0 Å². The summed E-state index contributed by atoms with van der Waals surface area (Å²) >= 11 is 1.74. The molecule has 0 saturated heterocycles. The highest BCUT2D eigenvalue weighted by Crippen LogP contribution is 2.36. The molecule has 0 bridgehead atoms. The Bertz CT molecular complexity index is 558. The van der Waals surface area contributed by atoms with Gasteiger partial charge in [-0.3, -0.25) is 4.79 Å². The number of aromatic nitrogens is 1. The van der Waals surface area contributed by atoms with Gasteiger partial charge in [0.2, 0.25) is 5.43 Å². The molecule has 0 spiro atoms. The quantitative estimate of drug-likeness (QED) is 0.446. The summed E-state index contributed by atoms with van der Waals surface area (Å²) in [4.78, 5) is 12.3. The molecule has 0 aliphatic heterocycles. The summed E-state index contributed by atoms with van der Waals surface area (Å²) in [5.74, 6) is 2.16. The SMILES string of the molecule is C=CCSCc1cc(=O)c(O[Si](C)(C)C(C)(C)C)cn1C. The molecule has 0 atom stereocenters. The van der Waals surface area contributed by atoms with Gasteiger partial charge < -0.3 is 8.99 Å². The third-order valence-electron chi connectivity index (χ3n) is 3.96. The molecule has 118 valence electrons. The predicted octanol–water partition coefficient (Wildman–Crippen LogP) is 4.19. The lowest BCUT2D eigenvalue weighted by molar-refractivity contribution is 0.483. The fourth-order valence-electron chi connectivity index (χ4n) is 1.54. The second-order valence-corrected chi connectivity index (χ2v) is 12.5. The first kappa shape index (κ1) is 18.1. The van der Waals surface area contributed by atoms with Crippen LogP contribution in [-0.4, -0.2) is 18.6 Å². The van der Waals surface area contributed by atoms with Crippen molar-refractivity contribution < 1.29 is 4.43 Å². The van der Waals surface area contributed by atoms with Crippen molar-refractivity contribution in [3.8, 4) is 5.75 Å². The maximum absolute atomic E-state index is 12.3. The van der Waals surface area contributed by atoms with Crippen LogP contribution in [0, 0.1) is 0 Å². The Morgan fingerprint density at radius 2 is 2.05 bits per heavy atom. The number of rotatable bonds is 6. The first-order valence-corrected chi connectivity index (χ1v) is 11.2. The summed E-state index contributed by atoms with van der Waals surface area (Å²) < 4.78 is 8.13. The monoisotopic (exact) mass is 325 g/mol. The van der Waals surface area contributed by atoms with Crippen molar-refractivity contribution in [1.82, 2.24) is 4.57 Å². The summed E-state index contributed by atoms with van der Waals surface area (Å²) in [5.41, 5.74) is 0.988.